The van der Waals surface area contributed by atoms with Crippen molar-refractivity contribution < 1.29 is 14.7 Å². The normalized spacial score (nSPS) is 13.2. The van der Waals surface area contributed by atoms with E-state index in [4.69, 9.17) is 9.94 Å². The highest BCUT2D eigenvalue weighted by Crippen LogP contribution is 2.08. The summed E-state index contributed by atoms with van der Waals surface area (Å²) in [6.45, 7) is 5.37. The molecule has 0 fully saturated rings. The molecule has 0 aromatic heterocycles. The second-order valence-corrected chi connectivity index (χ2v) is 5.21. The Morgan fingerprint density at radius 1 is 1.42 bits per heavy atom. The molecule has 1 rings (SSSR count). The number of hydrogen-bond acceptors (Lipinski definition) is 4. The summed E-state index contributed by atoms with van der Waals surface area (Å²) in [5.74, 6) is 0. The lowest BCUT2D eigenvalue weighted by atomic mass is 10.1. The molecule has 5 heteroatoms. The van der Waals surface area contributed by atoms with Gasteiger partial charge in [0.2, 0.25) is 0 Å². The zero-order chi connectivity index (χ0) is 14.3. The van der Waals surface area contributed by atoms with Gasteiger partial charge in [-0.3, -0.25) is 0 Å². The second-order valence-electron chi connectivity index (χ2n) is 5.21. The molecule has 1 atom stereocenters. The first kappa shape index (κ1) is 15.0. The Morgan fingerprint density at radius 2 is 2.05 bits per heavy atom. The summed E-state index contributed by atoms with van der Waals surface area (Å²) in [6.07, 6.45) is 1.27. The van der Waals surface area contributed by atoms with Gasteiger partial charge in [-0.1, -0.05) is 35.5 Å². The maximum Gasteiger partial charge on any atom is 0.408 e. The molecule has 0 radical (unpaired) electrons. The van der Waals surface area contributed by atoms with E-state index in [0.717, 1.165) is 5.56 Å². The van der Waals surface area contributed by atoms with E-state index >= 15 is 0 Å². The Kier molecular flexibility index (Phi) is 5.36. The average molecular weight is 264 g/mol. The molecule has 0 saturated carbocycles. The molecule has 104 valence electrons. The van der Waals surface area contributed by atoms with E-state index in [1.807, 2.05) is 30.3 Å². The van der Waals surface area contributed by atoms with Crippen LogP contribution >= 0.6 is 0 Å². The van der Waals surface area contributed by atoms with Crippen molar-refractivity contribution in [1.82, 2.24) is 5.32 Å². The Hall–Kier alpha value is -2.04. The van der Waals surface area contributed by atoms with Crippen LogP contribution in [0.2, 0.25) is 0 Å². The molecule has 1 amide bonds. The van der Waals surface area contributed by atoms with Crippen LogP contribution in [0.5, 0.6) is 0 Å². The molecule has 1 aromatic rings. The minimum Gasteiger partial charge on any atom is -0.444 e. The number of amides is 1. The molecular weight excluding hydrogens is 244 g/mol. The quantitative estimate of drug-likeness (QED) is 0.499. The zero-order valence-electron chi connectivity index (χ0n) is 11.5. The molecule has 5 nitrogen and oxygen atoms in total. The standard InChI is InChI=1S/C14H20N2O3/c1-14(2,3)19-13(17)16-12(10-15-18)9-11-7-5-4-6-8-11/h4-8,10,12,18H,9H2,1-3H3,(H,16,17)/b15-10+. The van der Waals surface area contributed by atoms with E-state index in [0.29, 0.717) is 6.42 Å². The van der Waals surface area contributed by atoms with Crippen LogP contribution < -0.4 is 5.32 Å². The zero-order valence-corrected chi connectivity index (χ0v) is 11.5. The summed E-state index contributed by atoms with van der Waals surface area (Å²) in [6, 6.07) is 9.21. The third-order valence-electron chi connectivity index (χ3n) is 2.25. The molecule has 0 saturated heterocycles. The number of nitrogens with zero attached hydrogens (tertiary/aromatic N) is 1. The van der Waals surface area contributed by atoms with Crippen LogP contribution in [0.25, 0.3) is 0 Å². The van der Waals surface area contributed by atoms with Crippen LogP contribution in [-0.4, -0.2) is 29.2 Å². The van der Waals surface area contributed by atoms with Crippen LogP contribution in [0.3, 0.4) is 0 Å². The third kappa shape index (κ3) is 6.45. The summed E-state index contributed by atoms with van der Waals surface area (Å²) in [5, 5.41) is 14.3. The van der Waals surface area contributed by atoms with Crippen molar-refractivity contribution in [3.05, 3.63) is 35.9 Å². The van der Waals surface area contributed by atoms with Crippen molar-refractivity contribution in [1.29, 1.82) is 0 Å². The number of benzene rings is 1. The second kappa shape index (κ2) is 6.78. The van der Waals surface area contributed by atoms with Gasteiger partial charge in [-0.2, -0.15) is 0 Å². The first-order valence-corrected chi connectivity index (χ1v) is 6.12. The number of carbonyl (C=O) groups is 1. The summed E-state index contributed by atoms with van der Waals surface area (Å²) in [4.78, 5) is 11.7. The van der Waals surface area contributed by atoms with Crippen LogP contribution in [-0.2, 0) is 11.2 Å². The van der Waals surface area contributed by atoms with Gasteiger partial charge in [0.1, 0.15) is 5.60 Å². The lowest BCUT2D eigenvalue weighted by Crippen LogP contribution is -2.41. The van der Waals surface area contributed by atoms with Crippen LogP contribution in [0.15, 0.2) is 35.5 Å². The summed E-state index contributed by atoms with van der Waals surface area (Å²) in [5.41, 5.74) is 0.473. The molecule has 1 unspecified atom stereocenters. The Balaban J connectivity index is 2.61. The molecular formula is C14H20N2O3. The van der Waals surface area contributed by atoms with Gasteiger partial charge in [-0.15, -0.1) is 0 Å². The van der Waals surface area contributed by atoms with Crippen molar-refractivity contribution in [3.63, 3.8) is 0 Å². The van der Waals surface area contributed by atoms with E-state index < -0.39 is 17.7 Å². The number of hydrogen-bond donors (Lipinski definition) is 2. The highest BCUT2D eigenvalue weighted by Gasteiger charge is 2.18. The maximum absolute atomic E-state index is 11.7. The van der Waals surface area contributed by atoms with Crippen LogP contribution in [0, 0.1) is 0 Å². The number of alkyl carbamates (subject to hydrolysis) is 1. The molecule has 0 bridgehead atoms. The summed E-state index contributed by atoms with van der Waals surface area (Å²) >= 11 is 0. The lowest BCUT2D eigenvalue weighted by molar-refractivity contribution is 0.0518. The lowest BCUT2D eigenvalue weighted by Gasteiger charge is -2.22. The van der Waals surface area contributed by atoms with Crippen molar-refractivity contribution in [2.24, 2.45) is 5.16 Å². The first-order chi connectivity index (χ1) is 8.90. The predicted molar refractivity (Wildman–Crippen MR) is 73.6 cm³/mol. The van der Waals surface area contributed by atoms with Gasteiger partial charge in [0, 0.05) is 0 Å². The molecule has 0 aliphatic heterocycles. The minimum atomic E-state index is -0.558. The molecule has 0 aliphatic rings. The number of nitrogens with one attached hydrogen (secondary N) is 1. The third-order valence-corrected chi connectivity index (χ3v) is 2.25. The molecule has 19 heavy (non-hydrogen) atoms. The number of ether oxygens (including phenoxy) is 1. The van der Waals surface area contributed by atoms with Gasteiger partial charge < -0.3 is 15.3 Å². The molecule has 1 aromatic carbocycles. The molecule has 0 aliphatic carbocycles. The Morgan fingerprint density at radius 3 is 2.58 bits per heavy atom. The first-order valence-electron chi connectivity index (χ1n) is 6.12. The summed E-state index contributed by atoms with van der Waals surface area (Å²) < 4.78 is 5.16. The largest absolute Gasteiger partial charge is 0.444 e. The molecule has 2 N–H and O–H groups in total. The van der Waals surface area contributed by atoms with Gasteiger partial charge in [0.25, 0.3) is 0 Å². The van der Waals surface area contributed by atoms with Crippen LogP contribution in [0.1, 0.15) is 26.3 Å². The number of oxime groups is 1. The monoisotopic (exact) mass is 264 g/mol. The Labute approximate surface area is 113 Å². The summed E-state index contributed by atoms with van der Waals surface area (Å²) in [7, 11) is 0. The van der Waals surface area contributed by atoms with E-state index in [2.05, 4.69) is 10.5 Å². The predicted octanol–water partition coefficient (Wildman–Crippen LogP) is 2.58. The van der Waals surface area contributed by atoms with E-state index in [9.17, 15) is 4.79 Å². The topological polar surface area (TPSA) is 70.9 Å². The fourth-order valence-electron chi connectivity index (χ4n) is 1.55. The van der Waals surface area contributed by atoms with Crippen molar-refractivity contribution in [2.75, 3.05) is 0 Å². The van der Waals surface area contributed by atoms with Crippen molar-refractivity contribution in [2.45, 2.75) is 38.8 Å². The fourth-order valence-corrected chi connectivity index (χ4v) is 1.55. The van der Waals surface area contributed by atoms with Gasteiger partial charge in [-0.25, -0.2) is 4.79 Å². The van der Waals surface area contributed by atoms with Crippen molar-refractivity contribution >= 4 is 12.3 Å². The van der Waals surface area contributed by atoms with Gasteiger partial charge >= 0.3 is 6.09 Å². The smallest absolute Gasteiger partial charge is 0.408 e. The van der Waals surface area contributed by atoms with Gasteiger partial charge in [-0.05, 0) is 32.8 Å². The molecule has 0 spiro atoms. The maximum atomic E-state index is 11.7. The number of rotatable bonds is 4. The fraction of sp³-hybridized carbons (Fsp3) is 0.429. The average Bonchev–Trinajstić information content (AvgIpc) is 2.27. The van der Waals surface area contributed by atoms with Crippen LogP contribution in [0.4, 0.5) is 4.79 Å². The van der Waals surface area contributed by atoms with E-state index in [-0.39, 0.29) is 0 Å². The highest BCUT2D eigenvalue weighted by atomic mass is 16.6. The minimum absolute atomic E-state index is 0.415. The van der Waals surface area contributed by atoms with E-state index in [1.54, 1.807) is 20.8 Å². The van der Waals surface area contributed by atoms with E-state index in [1.165, 1.54) is 6.21 Å². The van der Waals surface area contributed by atoms with Crippen molar-refractivity contribution in [3.8, 4) is 0 Å². The molecule has 0 heterocycles. The van der Waals surface area contributed by atoms with Gasteiger partial charge in [0.05, 0.1) is 12.3 Å². The highest BCUT2D eigenvalue weighted by molar-refractivity contribution is 5.75. The van der Waals surface area contributed by atoms with Gasteiger partial charge in [0.15, 0.2) is 0 Å². The Bertz CT molecular complexity index is 424. The number of carbonyl (C=O) groups excluding carboxylic acids is 1. The SMILES string of the molecule is CC(C)(C)OC(=O)NC(/C=N/O)Cc1ccccc1.